The third-order valence-corrected chi connectivity index (χ3v) is 2.55. The summed E-state index contributed by atoms with van der Waals surface area (Å²) in [5.41, 5.74) is -0.0867. The maximum atomic E-state index is 13.2. The van der Waals surface area contributed by atoms with Gasteiger partial charge in [0, 0.05) is 11.6 Å². The van der Waals surface area contributed by atoms with Gasteiger partial charge in [-0.15, -0.1) is 0 Å². The van der Waals surface area contributed by atoms with Crippen molar-refractivity contribution in [2.24, 2.45) is 0 Å². The van der Waals surface area contributed by atoms with Crippen LogP contribution in [0.2, 0.25) is 0 Å². The maximum absolute atomic E-state index is 13.2. The highest BCUT2D eigenvalue weighted by atomic mass is 19.2. The van der Waals surface area contributed by atoms with Crippen molar-refractivity contribution >= 4 is 0 Å². The van der Waals surface area contributed by atoms with Crippen molar-refractivity contribution in [2.45, 2.75) is 25.4 Å². The van der Waals surface area contributed by atoms with Gasteiger partial charge in [-0.3, -0.25) is 0 Å². The summed E-state index contributed by atoms with van der Waals surface area (Å²) < 4.78 is 39.2. The molecule has 1 atom stereocenters. The zero-order valence-corrected chi connectivity index (χ0v) is 7.36. The Morgan fingerprint density at radius 1 is 1.21 bits per heavy atom. The summed E-state index contributed by atoms with van der Waals surface area (Å²) >= 11 is 0. The van der Waals surface area contributed by atoms with Crippen LogP contribution in [0.4, 0.5) is 13.2 Å². The number of aliphatic hydroxyl groups excluding tert-OH is 1. The molecule has 76 valence electrons. The average Bonchev–Trinajstić information content (AvgIpc) is 2.14. The molecule has 0 heterocycles. The van der Waals surface area contributed by atoms with E-state index in [2.05, 4.69) is 0 Å². The molecule has 0 saturated carbocycles. The SMILES string of the molecule is O[C@H]1CCCc2c(F)cc(F)c(F)c21. The van der Waals surface area contributed by atoms with E-state index in [9.17, 15) is 18.3 Å². The molecule has 1 aromatic carbocycles. The Bertz CT molecular complexity index is 376. The van der Waals surface area contributed by atoms with E-state index < -0.39 is 23.6 Å². The molecule has 1 aromatic rings. The molecule has 1 aliphatic carbocycles. The van der Waals surface area contributed by atoms with E-state index in [1.165, 1.54) is 0 Å². The lowest BCUT2D eigenvalue weighted by Crippen LogP contribution is -2.14. The van der Waals surface area contributed by atoms with Gasteiger partial charge in [0.05, 0.1) is 6.10 Å². The molecular weight excluding hydrogens is 193 g/mol. The van der Waals surface area contributed by atoms with Crippen molar-refractivity contribution in [3.8, 4) is 0 Å². The van der Waals surface area contributed by atoms with Crippen LogP contribution in [0.5, 0.6) is 0 Å². The number of aliphatic hydroxyl groups is 1. The van der Waals surface area contributed by atoms with Crippen molar-refractivity contribution in [1.82, 2.24) is 0 Å². The average molecular weight is 202 g/mol. The topological polar surface area (TPSA) is 20.2 Å². The second-order valence-corrected chi connectivity index (χ2v) is 3.45. The summed E-state index contributed by atoms with van der Waals surface area (Å²) in [7, 11) is 0. The summed E-state index contributed by atoms with van der Waals surface area (Å²) in [6.45, 7) is 0. The lowest BCUT2D eigenvalue weighted by molar-refractivity contribution is 0.149. The molecule has 2 rings (SSSR count). The predicted octanol–water partition coefficient (Wildman–Crippen LogP) is 2.47. The fourth-order valence-electron chi connectivity index (χ4n) is 1.87. The Hall–Kier alpha value is -1.03. The van der Waals surface area contributed by atoms with E-state index in [1.807, 2.05) is 0 Å². The van der Waals surface area contributed by atoms with Crippen molar-refractivity contribution in [2.75, 3.05) is 0 Å². The van der Waals surface area contributed by atoms with Crippen molar-refractivity contribution < 1.29 is 18.3 Å². The van der Waals surface area contributed by atoms with Crippen LogP contribution >= 0.6 is 0 Å². The second kappa shape index (κ2) is 3.28. The van der Waals surface area contributed by atoms with Crippen LogP contribution in [0.1, 0.15) is 30.1 Å². The summed E-state index contributed by atoms with van der Waals surface area (Å²) in [6.07, 6.45) is 0.224. The van der Waals surface area contributed by atoms with Crippen molar-refractivity contribution in [3.63, 3.8) is 0 Å². The molecule has 0 spiro atoms. The minimum atomic E-state index is -1.23. The van der Waals surface area contributed by atoms with Gasteiger partial charge in [-0.05, 0) is 24.8 Å². The molecular formula is C10H9F3O. The first-order valence-electron chi connectivity index (χ1n) is 4.45. The number of halogens is 3. The molecule has 14 heavy (non-hydrogen) atoms. The number of fused-ring (bicyclic) bond motifs is 1. The highest BCUT2D eigenvalue weighted by Gasteiger charge is 2.27. The Labute approximate surface area is 79.2 Å². The van der Waals surface area contributed by atoms with Crippen molar-refractivity contribution in [3.05, 3.63) is 34.6 Å². The molecule has 0 aliphatic heterocycles. The molecule has 0 bridgehead atoms. The third-order valence-electron chi connectivity index (χ3n) is 2.55. The lowest BCUT2D eigenvalue weighted by Gasteiger charge is -2.22. The fourth-order valence-corrected chi connectivity index (χ4v) is 1.87. The first-order chi connectivity index (χ1) is 6.61. The molecule has 1 N–H and O–H groups in total. The van der Waals surface area contributed by atoms with Gasteiger partial charge in [0.2, 0.25) is 0 Å². The standard InChI is InChI=1S/C10H9F3O/c11-6-4-7(12)10(13)9-5(6)2-1-3-8(9)14/h4,8,14H,1-3H2/t8-/m0/s1. The van der Waals surface area contributed by atoms with Gasteiger partial charge in [0.25, 0.3) is 0 Å². The largest absolute Gasteiger partial charge is 0.388 e. The molecule has 0 amide bonds. The minimum Gasteiger partial charge on any atom is -0.388 e. The summed E-state index contributed by atoms with van der Waals surface area (Å²) in [5, 5.41) is 9.42. The highest BCUT2D eigenvalue weighted by Crippen LogP contribution is 2.34. The van der Waals surface area contributed by atoms with Gasteiger partial charge in [0.1, 0.15) is 5.82 Å². The van der Waals surface area contributed by atoms with Gasteiger partial charge in [0.15, 0.2) is 11.6 Å². The smallest absolute Gasteiger partial charge is 0.165 e. The van der Waals surface area contributed by atoms with Crippen molar-refractivity contribution in [1.29, 1.82) is 0 Å². The first kappa shape index (κ1) is 9.52. The van der Waals surface area contributed by atoms with Gasteiger partial charge >= 0.3 is 0 Å². The Morgan fingerprint density at radius 2 is 1.93 bits per heavy atom. The zero-order chi connectivity index (χ0) is 10.3. The quantitative estimate of drug-likeness (QED) is 0.641. The normalized spacial score (nSPS) is 20.7. The van der Waals surface area contributed by atoms with Crippen LogP contribution < -0.4 is 0 Å². The fraction of sp³-hybridized carbons (Fsp3) is 0.400. The second-order valence-electron chi connectivity index (χ2n) is 3.45. The Balaban J connectivity index is 2.67. The van der Waals surface area contributed by atoms with E-state index >= 15 is 0 Å². The monoisotopic (exact) mass is 202 g/mol. The molecule has 1 nitrogen and oxygen atoms in total. The van der Waals surface area contributed by atoms with Crippen LogP contribution in [0.25, 0.3) is 0 Å². The molecule has 4 heteroatoms. The van der Waals surface area contributed by atoms with E-state index in [4.69, 9.17) is 0 Å². The molecule has 1 aliphatic rings. The Morgan fingerprint density at radius 3 is 2.64 bits per heavy atom. The van der Waals surface area contributed by atoms with Gasteiger partial charge in [-0.25, -0.2) is 13.2 Å². The number of benzene rings is 1. The summed E-state index contributed by atoms with van der Waals surface area (Å²) in [5.74, 6) is -3.12. The highest BCUT2D eigenvalue weighted by molar-refractivity contribution is 5.34. The first-order valence-corrected chi connectivity index (χ1v) is 4.45. The minimum absolute atomic E-state index is 0.114. The lowest BCUT2D eigenvalue weighted by atomic mass is 9.88. The third kappa shape index (κ3) is 1.30. The van der Waals surface area contributed by atoms with Gasteiger partial charge in [-0.1, -0.05) is 0 Å². The van der Waals surface area contributed by atoms with E-state index in [0.717, 1.165) is 0 Å². The maximum Gasteiger partial charge on any atom is 0.165 e. The van der Waals surface area contributed by atoms with Crippen LogP contribution in [-0.4, -0.2) is 5.11 Å². The predicted molar refractivity (Wildman–Crippen MR) is 44.2 cm³/mol. The molecule has 0 saturated heterocycles. The van der Waals surface area contributed by atoms with Crippen LogP contribution in [0.3, 0.4) is 0 Å². The van der Waals surface area contributed by atoms with E-state index in [1.54, 1.807) is 0 Å². The van der Waals surface area contributed by atoms with Crippen LogP contribution in [0, 0.1) is 17.5 Å². The summed E-state index contributed by atoms with van der Waals surface area (Å²) in [6, 6.07) is 0.534. The molecule has 0 aromatic heterocycles. The number of hydrogen-bond donors (Lipinski definition) is 1. The van der Waals surface area contributed by atoms with Crippen LogP contribution in [-0.2, 0) is 6.42 Å². The summed E-state index contributed by atoms with van der Waals surface area (Å²) in [4.78, 5) is 0. The zero-order valence-electron chi connectivity index (χ0n) is 7.36. The number of rotatable bonds is 0. The molecule has 0 unspecified atom stereocenters. The van der Waals surface area contributed by atoms with E-state index in [0.29, 0.717) is 25.3 Å². The molecule has 0 radical (unpaired) electrons. The van der Waals surface area contributed by atoms with Gasteiger partial charge in [-0.2, -0.15) is 0 Å². The number of hydrogen-bond acceptors (Lipinski definition) is 1. The Kier molecular flexibility index (Phi) is 2.23. The van der Waals surface area contributed by atoms with E-state index in [-0.39, 0.29) is 11.1 Å². The molecule has 0 fully saturated rings. The van der Waals surface area contributed by atoms with Crippen LogP contribution in [0.15, 0.2) is 6.07 Å². The van der Waals surface area contributed by atoms with Gasteiger partial charge < -0.3 is 5.11 Å².